The second-order valence-electron chi connectivity index (χ2n) is 4.72. The zero-order valence-electron chi connectivity index (χ0n) is 9.65. The van der Waals surface area contributed by atoms with Crippen molar-refractivity contribution in [1.29, 1.82) is 0 Å². The van der Waals surface area contributed by atoms with Crippen molar-refractivity contribution in [2.45, 2.75) is 37.8 Å². The number of amides is 2. The summed E-state index contributed by atoms with van der Waals surface area (Å²) in [5.41, 5.74) is 0. The number of carbonyl (C=O) groups excluding carboxylic acids is 2. The Labute approximate surface area is 105 Å². The van der Waals surface area contributed by atoms with Gasteiger partial charge in [0, 0.05) is 12.3 Å². The summed E-state index contributed by atoms with van der Waals surface area (Å²) >= 11 is 1.15. The van der Waals surface area contributed by atoms with E-state index in [1.54, 1.807) is 0 Å². The number of nitrogens with one attached hydrogen (secondary N) is 2. The number of rotatable bonds is 3. The van der Waals surface area contributed by atoms with Crippen molar-refractivity contribution in [2.24, 2.45) is 5.92 Å². The standard InChI is InChI=1S/C11H18N2O3S/c14-8-3-1-7(2-4-8)5-12-10(15)9-6-17-11(16)13-9/h7-9,14H,1-6H2,(H,12,15)(H,13,16). The van der Waals surface area contributed by atoms with Crippen LogP contribution in [0.15, 0.2) is 0 Å². The predicted octanol–water partition coefficient (Wildman–Crippen LogP) is 0.479. The Hall–Kier alpha value is -0.750. The fourth-order valence-corrected chi connectivity index (χ4v) is 3.02. The molecule has 1 saturated carbocycles. The van der Waals surface area contributed by atoms with Crippen LogP contribution in [-0.4, -0.2) is 40.7 Å². The van der Waals surface area contributed by atoms with Crippen molar-refractivity contribution in [3.8, 4) is 0 Å². The molecule has 2 fully saturated rings. The summed E-state index contributed by atoms with van der Waals surface area (Å²) in [5.74, 6) is 0.898. The maximum atomic E-state index is 11.7. The quantitative estimate of drug-likeness (QED) is 0.688. The first-order chi connectivity index (χ1) is 8.15. The van der Waals surface area contributed by atoms with Gasteiger partial charge in [0.05, 0.1) is 6.10 Å². The minimum Gasteiger partial charge on any atom is -0.393 e. The van der Waals surface area contributed by atoms with Crippen LogP contribution in [-0.2, 0) is 4.79 Å². The van der Waals surface area contributed by atoms with E-state index in [1.807, 2.05) is 0 Å². The van der Waals surface area contributed by atoms with Crippen LogP contribution in [0, 0.1) is 5.92 Å². The smallest absolute Gasteiger partial charge is 0.279 e. The highest BCUT2D eigenvalue weighted by Crippen LogP contribution is 2.23. The molecule has 0 bridgehead atoms. The van der Waals surface area contributed by atoms with Gasteiger partial charge in [-0.1, -0.05) is 11.8 Å². The molecule has 2 rings (SSSR count). The van der Waals surface area contributed by atoms with E-state index in [9.17, 15) is 14.7 Å². The largest absolute Gasteiger partial charge is 0.393 e. The number of hydrogen-bond acceptors (Lipinski definition) is 4. The van der Waals surface area contributed by atoms with Gasteiger partial charge in [-0.25, -0.2) is 0 Å². The molecule has 1 saturated heterocycles. The van der Waals surface area contributed by atoms with Gasteiger partial charge in [0.25, 0.3) is 5.24 Å². The first-order valence-electron chi connectivity index (χ1n) is 6.04. The van der Waals surface area contributed by atoms with Gasteiger partial charge in [-0.2, -0.15) is 0 Å². The molecular formula is C11H18N2O3S. The summed E-state index contributed by atoms with van der Waals surface area (Å²) in [6.45, 7) is 0.655. The monoisotopic (exact) mass is 258 g/mol. The molecule has 0 radical (unpaired) electrons. The lowest BCUT2D eigenvalue weighted by Gasteiger charge is -2.25. The molecule has 2 amide bonds. The van der Waals surface area contributed by atoms with E-state index in [-0.39, 0.29) is 23.3 Å². The highest BCUT2D eigenvalue weighted by Gasteiger charge is 2.28. The van der Waals surface area contributed by atoms with Crippen LogP contribution in [0.3, 0.4) is 0 Å². The minimum absolute atomic E-state index is 0.0885. The van der Waals surface area contributed by atoms with Crippen LogP contribution in [0.25, 0.3) is 0 Å². The van der Waals surface area contributed by atoms with Gasteiger partial charge in [-0.3, -0.25) is 9.59 Å². The molecule has 1 atom stereocenters. The SMILES string of the molecule is O=C1NC(C(=O)NCC2CCC(O)CC2)CS1. The molecule has 5 nitrogen and oxygen atoms in total. The van der Waals surface area contributed by atoms with Crippen molar-refractivity contribution < 1.29 is 14.7 Å². The van der Waals surface area contributed by atoms with Crippen molar-refractivity contribution in [2.75, 3.05) is 12.3 Å². The third kappa shape index (κ3) is 3.61. The van der Waals surface area contributed by atoms with Crippen LogP contribution in [0.2, 0.25) is 0 Å². The lowest BCUT2D eigenvalue weighted by Crippen LogP contribution is -2.44. The highest BCUT2D eigenvalue weighted by molar-refractivity contribution is 8.14. The minimum atomic E-state index is -0.373. The van der Waals surface area contributed by atoms with Crippen molar-refractivity contribution >= 4 is 22.9 Å². The first-order valence-corrected chi connectivity index (χ1v) is 7.03. The molecule has 0 aromatic carbocycles. The first kappa shape index (κ1) is 12.7. The molecule has 2 aliphatic rings. The van der Waals surface area contributed by atoms with Gasteiger partial charge >= 0.3 is 0 Å². The van der Waals surface area contributed by atoms with Gasteiger partial charge in [0.1, 0.15) is 6.04 Å². The van der Waals surface area contributed by atoms with Gasteiger partial charge in [-0.05, 0) is 31.6 Å². The van der Waals surface area contributed by atoms with E-state index in [4.69, 9.17) is 0 Å². The molecule has 0 spiro atoms. The van der Waals surface area contributed by atoms with Crippen LogP contribution in [0.4, 0.5) is 4.79 Å². The molecule has 6 heteroatoms. The van der Waals surface area contributed by atoms with E-state index in [0.717, 1.165) is 37.4 Å². The van der Waals surface area contributed by atoms with E-state index in [1.165, 1.54) is 0 Å². The summed E-state index contributed by atoms with van der Waals surface area (Å²) in [6, 6.07) is -0.373. The molecule has 96 valence electrons. The fraction of sp³-hybridized carbons (Fsp3) is 0.818. The predicted molar refractivity (Wildman–Crippen MR) is 65.8 cm³/mol. The van der Waals surface area contributed by atoms with E-state index in [2.05, 4.69) is 10.6 Å². The van der Waals surface area contributed by atoms with E-state index < -0.39 is 0 Å². The van der Waals surface area contributed by atoms with Crippen LogP contribution < -0.4 is 10.6 Å². The summed E-state index contributed by atoms with van der Waals surface area (Å²) in [7, 11) is 0. The second kappa shape index (κ2) is 5.73. The molecule has 1 aliphatic carbocycles. The zero-order valence-corrected chi connectivity index (χ0v) is 10.5. The number of aliphatic hydroxyl groups is 1. The third-order valence-corrected chi connectivity index (χ3v) is 4.25. The van der Waals surface area contributed by atoms with Crippen LogP contribution >= 0.6 is 11.8 Å². The Morgan fingerprint density at radius 3 is 2.71 bits per heavy atom. The molecule has 3 N–H and O–H groups in total. The highest BCUT2D eigenvalue weighted by atomic mass is 32.2. The lowest BCUT2D eigenvalue weighted by molar-refractivity contribution is -0.122. The van der Waals surface area contributed by atoms with Crippen molar-refractivity contribution in [3.63, 3.8) is 0 Å². The molecular weight excluding hydrogens is 240 g/mol. The molecule has 1 heterocycles. The normalized spacial score (nSPS) is 33.2. The Morgan fingerprint density at radius 1 is 1.41 bits per heavy atom. The fourth-order valence-electron chi connectivity index (χ4n) is 2.24. The van der Waals surface area contributed by atoms with Crippen LogP contribution in [0.5, 0.6) is 0 Å². The summed E-state index contributed by atoms with van der Waals surface area (Å²) in [4.78, 5) is 22.7. The van der Waals surface area contributed by atoms with Gasteiger partial charge < -0.3 is 15.7 Å². The molecule has 17 heavy (non-hydrogen) atoms. The van der Waals surface area contributed by atoms with Crippen LogP contribution in [0.1, 0.15) is 25.7 Å². The van der Waals surface area contributed by atoms with Crippen molar-refractivity contribution in [3.05, 3.63) is 0 Å². The molecule has 0 aromatic heterocycles. The van der Waals surface area contributed by atoms with E-state index >= 15 is 0 Å². The summed E-state index contributed by atoms with van der Waals surface area (Å²) in [6.07, 6.45) is 3.43. The number of carbonyl (C=O) groups is 2. The molecule has 1 unspecified atom stereocenters. The Kier molecular flexibility index (Phi) is 4.28. The third-order valence-electron chi connectivity index (χ3n) is 3.37. The zero-order chi connectivity index (χ0) is 12.3. The average Bonchev–Trinajstić information content (AvgIpc) is 2.75. The maximum Gasteiger partial charge on any atom is 0.279 e. The Bertz CT molecular complexity index is 303. The molecule has 0 aromatic rings. The average molecular weight is 258 g/mol. The lowest BCUT2D eigenvalue weighted by atomic mass is 9.87. The summed E-state index contributed by atoms with van der Waals surface area (Å²) in [5, 5.41) is 14.8. The van der Waals surface area contributed by atoms with Gasteiger partial charge in [-0.15, -0.1) is 0 Å². The maximum absolute atomic E-state index is 11.7. The second-order valence-corrected chi connectivity index (χ2v) is 5.71. The molecule has 1 aliphatic heterocycles. The van der Waals surface area contributed by atoms with E-state index in [0.29, 0.717) is 18.2 Å². The summed E-state index contributed by atoms with van der Waals surface area (Å²) < 4.78 is 0. The topological polar surface area (TPSA) is 78.4 Å². The van der Waals surface area contributed by atoms with Gasteiger partial charge in [0.15, 0.2) is 0 Å². The van der Waals surface area contributed by atoms with Gasteiger partial charge in [0.2, 0.25) is 5.91 Å². The number of hydrogen-bond donors (Lipinski definition) is 3. The number of aliphatic hydroxyl groups excluding tert-OH is 1. The Balaban J connectivity index is 1.67. The number of thioether (sulfide) groups is 1. The Morgan fingerprint density at radius 2 is 2.12 bits per heavy atom. The van der Waals surface area contributed by atoms with Crippen molar-refractivity contribution in [1.82, 2.24) is 10.6 Å².